The summed E-state index contributed by atoms with van der Waals surface area (Å²) in [5.74, 6) is 2.60. The van der Waals surface area contributed by atoms with Gasteiger partial charge in [0.15, 0.2) is 0 Å². The van der Waals surface area contributed by atoms with Crippen molar-refractivity contribution in [1.82, 2.24) is 10.6 Å². The fourth-order valence-electron chi connectivity index (χ4n) is 3.81. The Morgan fingerprint density at radius 3 is 2.93 bits per heavy atom. The normalized spacial score (nSPS) is 52.5. The lowest BCUT2D eigenvalue weighted by Crippen LogP contribution is -2.55. The molecule has 1 saturated heterocycles. The Labute approximate surface area is 85.8 Å². The highest BCUT2D eigenvalue weighted by molar-refractivity contribution is 4.98. The minimum absolute atomic E-state index is 0.503. The molecular weight excluding hydrogens is 174 g/mol. The molecule has 3 heteroatoms. The van der Waals surface area contributed by atoms with Crippen molar-refractivity contribution in [2.24, 2.45) is 23.5 Å². The highest BCUT2D eigenvalue weighted by atomic mass is 15.1. The minimum atomic E-state index is 0.503. The van der Waals surface area contributed by atoms with Crippen LogP contribution in [0.1, 0.15) is 25.7 Å². The van der Waals surface area contributed by atoms with Gasteiger partial charge >= 0.3 is 0 Å². The molecule has 14 heavy (non-hydrogen) atoms. The third-order valence-electron chi connectivity index (χ3n) is 4.62. The molecule has 5 unspecified atom stereocenters. The summed E-state index contributed by atoms with van der Waals surface area (Å²) in [5, 5.41) is 7.02. The van der Waals surface area contributed by atoms with Gasteiger partial charge in [-0.1, -0.05) is 0 Å². The Morgan fingerprint density at radius 2 is 2.00 bits per heavy atom. The molecule has 3 aliphatic rings. The van der Waals surface area contributed by atoms with Gasteiger partial charge in [-0.25, -0.2) is 0 Å². The first-order chi connectivity index (χ1) is 6.84. The fourth-order valence-corrected chi connectivity index (χ4v) is 3.81. The van der Waals surface area contributed by atoms with Crippen molar-refractivity contribution in [3.05, 3.63) is 0 Å². The summed E-state index contributed by atoms with van der Waals surface area (Å²) in [6, 6.07) is 1.28. The molecule has 0 spiro atoms. The average molecular weight is 195 g/mol. The largest absolute Gasteiger partial charge is 0.327 e. The summed E-state index contributed by atoms with van der Waals surface area (Å²) < 4.78 is 0. The Kier molecular flexibility index (Phi) is 2.26. The topological polar surface area (TPSA) is 50.1 Å². The molecule has 3 fully saturated rings. The van der Waals surface area contributed by atoms with E-state index >= 15 is 0 Å². The average Bonchev–Trinajstić information content (AvgIpc) is 2.57. The van der Waals surface area contributed by atoms with Crippen LogP contribution in [0.4, 0.5) is 0 Å². The summed E-state index contributed by atoms with van der Waals surface area (Å²) in [6.07, 6.45) is 5.38. The molecule has 5 atom stereocenters. The first kappa shape index (κ1) is 9.13. The number of fused-ring (bicyclic) bond motifs is 2. The second-order valence-corrected chi connectivity index (χ2v) is 5.34. The summed E-state index contributed by atoms with van der Waals surface area (Å²) in [5.41, 5.74) is 6.17. The van der Waals surface area contributed by atoms with Gasteiger partial charge in [-0.2, -0.15) is 0 Å². The molecule has 0 amide bonds. The van der Waals surface area contributed by atoms with Gasteiger partial charge in [0.2, 0.25) is 0 Å². The van der Waals surface area contributed by atoms with Crippen molar-refractivity contribution in [2.75, 3.05) is 13.2 Å². The quantitative estimate of drug-likeness (QED) is 0.520. The number of hydrogen-bond donors (Lipinski definition) is 3. The molecular formula is C11H21N3. The van der Waals surface area contributed by atoms with Gasteiger partial charge in [-0.05, 0) is 43.4 Å². The Hall–Kier alpha value is -0.120. The van der Waals surface area contributed by atoms with Crippen molar-refractivity contribution in [3.8, 4) is 0 Å². The van der Waals surface area contributed by atoms with Crippen LogP contribution in [-0.4, -0.2) is 25.3 Å². The lowest BCUT2D eigenvalue weighted by Gasteiger charge is -2.43. The van der Waals surface area contributed by atoms with Crippen LogP contribution < -0.4 is 16.4 Å². The van der Waals surface area contributed by atoms with Crippen molar-refractivity contribution in [3.63, 3.8) is 0 Å². The maximum atomic E-state index is 6.17. The molecule has 4 N–H and O–H groups in total. The minimum Gasteiger partial charge on any atom is -0.327 e. The molecule has 0 aromatic heterocycles. The molecule has 2 saturated carbocycles. The van der Waals surface area contributed by atoms with E-state index in [4.69, 9.17) is 5.73 Å². The van der Waals surface area contributed by atoms with Crippen LogP contribution in [0.25, 0.3) is 0 Å². The van der Waals surface area contributed by atoms with E-state index < -0.39 is 0 Å². The lowest BCUT2D eigenvalue weighted by molar-refractivity contribution is 0.123. The number of hydrogen-bond acceptors (Lipinski definition) is 3. The van der Waals surface area contributed by atoms with Gasteiger partial charge in [0, 0.05) is 25.3 Å². The van der Waals surface area contributed by atoms with Crippen molar-refractivity contribution in [1.29, 1.82) is 0 Å². The molecule has 0 bridgehead atoms. The van der Waals surface area contributed by atoms with E-state index in [1.807, 2.05) is 0 Å². The van der Waals surface area contributed by atoms with Gasteiger partial charge in [-0.15, -0.1) is 0 Å². The molecule has 1 aliphatic heterocycles. The second-order valence-electron chi connectivity index (χ2n) is 5.34. The highest BCUT2D eigenvalue weighted by Gasteiger charge is 2.43. The van der Waals surface area contributed by atoms with Gasteiger partial charge in [0.25, 0.3) is 0 Å². The molecule has 0 aromatic rings. The standard InChI is InChI=1S/C11H21N3/c12-10-2-1-7-4-11-8(3-9(7)10)5-13-6-14-11/h7-11,13-14H,1-6,12H2. The third-order valence-corrected chi connectivity index (χ3v) is 4.62. The van der Waals surface area contributed by atoms with E-state index in [2.05, 4.69) is 10.6 Å². The molecule has 3 nitrogen and oxygen atoms in total. The maximum absolute atomic E-state index is 6.17. The Balaban J connectivity index is 1.72. The van der Waals surface area contributed by atoms with Crippen LogP contribution in [-0.2, 0) is 0 Å². The Morgan fingerprint density at radius 1 is 1.07 bits per heavy atom. The zero-order valence-corrected chi connectivity index (χ0v) is 8.71. The van der Waals surface area contributed by atoms with Crippen LogP contribution in [0.3, 0.4) is 0 Å². The number of rotatable bonds is 0. The zero-order chi connectivity index (χ0) is 9.54. The van der Waals surface area contributed by atoms with Crippen molar-refractivity contribution >= 4 is 0 Å². The van der Waals surface area contributed by atoms with E-state index in [1.54, 1.807) is 0 Å². The van der Waals surface area contributed by atoms with Crippen LogP contribution in [0.15, 0.2) is 0 Å². The molecule has 80 valence electrons. The lowest BCUT2D eigenvalue weighted by atomic mass is 9.71. The summed E-state index contributed by atoms with van der Waals surface area (Å²) >= 11 is 0. The molecule has 2 aliphatic carbocycles. The van der Waals surface area contributed by atoms with Crippen LogP contribution in [0, 0.1) is 17.8 Å². The molecule has 0 aromatic carbocycles. The van der Waals surface area contributed by atoms with Gasteiger partial charge in [-0.3, -0.25) is 0 Å². The summed E-state index contributed by atoms with van der Waals surface area (Å²) in [6.45, 7) is 2.21. The van der Waals surface area contributed by atoms with Crippen molar-refractivity contribution < 1.29 is 0 Å². The third kappa shape index (κ3) is 1.38. The van der Waals surface area contributed by atoms with Crippen LogP contribution in [0.2, 0.25) is 0 Å². The second kappa shape index (κ2) is 3.47. The summed E-state index contributed by atoms with van der Waals surface area (Å²) in [4.78, 5) is 0. The van der Waals surface area contributed by atoms with Crippen LogP contribution in [0.5, 0.6) is 0 Å². The monoisotopic (exact) mass is 195 g/mol. The predicted octanol–water partition coefficient (Wildman–Crippen LogP) is 0.269. The molecule has 3 rings (SSSR count). The van der Waals surface area contributed by atoms with Gasteiger partial charge in [0.05, 0.1) is 0 Å². The Bertz CT molecular complexity index is 217. The van der Waals surface area contributed by atoms with Crippen LogP contribution >= 0.6 is 0 Å². The predicted molar refractivity (Wildman–Crippen MR) is 56.7 cm³/mol. The maximum Gasteiger partial charge on any atom is 0.0456 e. The highest BCUT2D eigenvalue weighted by Crippen LogP contribution is 2.43. The van der Waals surface area contributed by atoms with Gasteiger partial charge < -0.3 is 16.4 Å². The zero-order valence-electron chi connectivity index (χ0n) is 8.71. The van der Waals surface area contributed by atoms with Gasteiger partial charge in [0.1, 0.15) is 0 Å². The number of nitrogens with two attached hydrogens (primary N) is 1. The van der Waals surface area contributed by atoms with E-state index in [0.29, 0.717) is 6.04 Å². The van der Waals surface area contributed by atoms with E-state index in [0.717, 1.165) is 30.5 Å². The molecule has 1 heterocycles. The van der Waals surface area contributed by atoms with E-state index in [9.17, 15) is 0 Å². The smallest absolute Gasteiger partial charge is 0.0456 e. The molecule has 0 radical (unpaired) electrons. The number of nitrogens with one attached hydrogen (secondary N) is 2. The fraction of sp³-hybridized carbons (Fsp3) is 1.00. The SMILES string of the molecule is NC1CCC2CC3NCNCC3CC12. The van der Waals surface area contributed by atoms with E-state index in [-0.39, 0.29) is 0 Å². The summed E-state index contributed by atoms with van der Waals surface area (Å²) in [7, 11) is 0. The van der Waals surface area contributed by atoms with E-state index in [1.165, 1.54) is 32.2 Å². The first-order valence-corrected chi connectivity index (χ1v) is 6.04. The first-order valence-electron chi connectivity index (χ1n) is 6.04. The van der Waals surface area contributed by atoms with Crippen molar-refractivity contribution in [2.45, 2.75) is 37.8 Å².